The van der Waals surface area contributed by atoms with Crippen LogP contribution in [0.25, 0.3) is 0 Å². The van der Waals surface area contributed by atoms with Crippen molar-refractivity contribution in [1.82, 2.24) is 10.2 Å². The lowest BCUT2D eigenvalue weighted by molar-refractivity contribution is -0.138. The number of hydrogen-bond donors (Lipinski definition) is 1. The van der Waals surface area contributed by atoms with Gasteiger partial charge in [-0.3, -0.25) is 9.59 Å². The lowest BCUT2D eigenvalue weighted by Crippen LogP contribution is -2.49. The predicted octanol–water partition coefficient (Wildman–Crippen LogP) is 5.48. The van der Waals surface area contributed by atoms with E-state index in [1.807, 2.05) is 39.0 Å². The minimum atomic E-state index is -0.603. The van der Waals surface area contributed by atoms with Gasteiger partial charge in [-0.1, -0.05) is 59.1 Å². The van der Waals surface area contributed by atoms with Gasteiger partial charge in [0.05, 0.1) is 15.8 Å². The van der Waals surface area contributed by atoms with Crippen molar-refractivity contribution in [1.29, 1.82) is 0 Å². The molecule has 0 radical (unpaired) electrons. The molecular formula is C23H28Cl2N2O2S. The number of amides is 2. The molecule has 2 amide bonds. The van der Waals surface area contributed by atoms with Gasteiger partial charge in [-0.05, 0) is 51.0 Å². The second-order valence-corrected chi connectivity index (χ2v) is 9.39. The highest BCUT2D eigenvalue weighted by Gasteiger charge is 2.26. The van der Waals surface area contributed by atoms with Gasteiger partial charge in [-0.15, -0.1) is 11.8 Å². The Morgan fingerprint density at radius 2 is 1.77 bits per heavy atom. The minimum Gasteiger partial charge on any atom is -0.352 e. The molecule has 2 aromatic carbocycles. The molecule has 0 saturated heterocycles. The van der Waals surface area contributed by atoms with Gasteiger partial charge in [-0.25, -0.2) is 0 Å². The fourth-order valence-corrected chi connectivity index (χ4v) is 4.14. The van der Waals surface area contributed by atoms with Crippen molar-refractivity contribution in [2.75, 3.05) is 5.75 Å². The van der Waals surface area contributed by atoms with Gasteiger partial charge >= 0.3 is 0 Å². The van der Waals surface area contributed by atoms with E-state index in [0.717, 1.165) is 11.3 Å². The number of carbonyl (C=O) groups excluding carboxylic acids is 2. The molecule has 0 aliphatic carbocycles. The van der Waals surface area contributed by atoms with Gasteiger partial charge in [0.2, 0.25) is 11.8 Å². The molecule has 0 bridgehead atoms. The average molecular weight is 467 g/mol. The van der Waals surface area contributed by atoms with Crippen LogP contribution in [0.4, 0.5) is 0 Å². The SMILES string of the molecule is Cc1cccc(CSCC(=O)N(Cc2ccc(Cl)c(Cl)c2)C(C)C(=O)NC(C)C)c1. The molecule has 0 heterocycles. The van der Waals surface area contributed by atoms with Crippen molar-refractivity contribution in [3.8, 4) is 0 Å². The van der Waals surface area contributed by atoms with Crippen LogP contribution in [0, 0.1) is 6.92 Å². The van der Waals surface area contributed by atoms with Crippen molar-refractivity contribution in [2.45, 2.75) is 52.1 Å². The van der Waals surface area contributed by atoms with Crippen molar-refractivity contribution in [3.05, 3.63) is 69.2 Å². The van der Waals surface area contributed by atoms with E-state index in [9.17, 15) is 9.59 Å². The molecule has 0 fully saturated rings. The summed E-state index contributed by atoms with van der Waals surface area (Å²) in [4.78, 5) is 27.2. The van der Waals surface area contributed by atoms with Crippen LogP contribution < -0.4 is 5.32 Å². The predicted molar refractivity (Wildman–Crippen MR) is 127 cm³/mol. The van der Waals surface area contributed by atoms with E-state index in [1.54, 1.807) is 35.7 Å². The number of thioether (sulfide) groups is 1. The Bertz CT molecular complexity index is 889. The van der Waals surface area contributed by atoms with Gasteiger partial charge in [-0.2, -0.15) is 0 Å². The summed E-state index contributed by atoms with van der Waals surface area (Å²) in [6.07, 6.45) is 0. The number of aryl methyl sites for hydroxylation is 1. The molecule has 162 valence electrons. The normalized spacial score (nSPS) is 12.0. The summed E-state index contributed by atoms with van der Waals surface area (Å²) in [6, 6.07) is 12.9. The third-order valence-electron chi connectivity index (χ3n) is 4.51. The summed E-state index contributed by atoms with van der Waals surface area (Å²) < 4.78 is 0. The van der Waals surface area contributed by atoms with Gasteiger partial charge in [0, 0.05) is 18.3 Å². The summed E-state index contributed by atoms with van der Waals surface area (Å²) in [7, 11) is 0. The largest absolute Gasteiger partial charge is 0.352 e. The molecule has 2 rings (SSSR count). The van der Waals surface area contributed by atoms with Crippen LogP contribution in [0.5, 0.6) is 0 Å². The Kier molecular flexibility index (Phi) is 9.53. The zero-order valence-corrected chi connectivity index (χ0v) is 20.1. The summed E-state index contributed by atoms with van der Waals surface area (Å²) in [5, 5.41) is 3.77. The monoisotopic (exact) mass is 466 g/mol. The van der Waals surface area contributed by atoms with E-state index >= 15 is 0 Å². The first kappa shape index (κ1) is 24.6. The molecule has 0 saturated carbocycles. The number of nitrogens with zero attached hydrogens (tertiary/aromatic N) is 1. The second-order valence-electron chi connectivity index (χ2n) is 7.59. The van der Waals surface area contributed by atoms with Gasteiger partial charge in [0.1, 0.15) is 6.04 Å². The van der Waals surface area contributed by atoms with Crippen LogP contribution in [0.2, 0.25) is 10.0 Å². The first-order valence-electron chi connectivity index (χ1n) is 9.84. The van der Waals surface area contributed by atoms with E-state index < -0.39 is 6.04 Å². The summed E-state index contributed by atoms with van der Waals surface area (Å²) >= 11 is 13.7. The molecule has 4 nitrogen and oxygen atoms in total. The average Bonchev–Trinajstić information content (AvgIpc) is 2.67. The Labute approximate surface area is 193 Å². The number of benzene rings is 2. The molecule has 30 heavy (non-hydrogen) atoms. The number of halogens is 2. The van der Waals surface area contributed by atoms with E-state index in [2.05, 4.69) is 17.4 Å². The molecule has 0 spiro atoms. The number of nitrogens with one attached hydrogen (secondary N) is 1. The molecule has 1 unspecified atom stereocenters. The second kappa shape index (κ2) is 11.6. The lowest BCUT2D eigenvalue weighted by Gasteiger charge is -2.29. The van der Waals surface area contributed by atoms with Crippen molar-refractivity contribution in [3.63, 3.8) is 0 Å². The fraction of sp³-hybridized carbons (Fsp3) is 0.391. The first-order valence-corrected chi connectivity index (χ1v) is 11.8. The molecule has 7 heteroatoms. The highest BCUT2D eigenvalue weighted by Crippen LogP contribution is 2.24. The van der Waals surface area contributed by atoms with Crippen molar-refractivity contribution >= 4 is 46.8 Å². The summed E-state index contributed by atoms with van der Waals surface area (Å²) in [6.45, 7) is 7.87. The quantitative estimate of drug-likeness (QED) is 0.532. The minimum absolute atomic E-state index is 0.00225. The maximum absolute atomic E-state index is 13.1. The van der Waals surface area contributed by atoms with E-state index in [-0.39, 0.29) is 30.2 Å². The Morgan fingerprint density at radius 1 is 1.03 bits per heavy atom. The zero-order valence-electron chi connectivity index (χ0n) is 17.7. The first-order chi connectivity index (χ1) is 14.2. The zero-order chi connectivity index (χ0) is 22.3. The Balaban J connectivity index is 2.10. The van der Waals surface area contributed by atoms with Crippen molar-refractivity contribution < 1.29 is 9.59 Å². The highest BCUT2D eigenvalue weighted by molar-refractivity contribution is 7.99. The Morgan fingerprint density at radius 3 is 2.40 bits per heavy atom. The number of hydrogen-bond acceptors (Lipinski definition) is 3. The number of carbonyl (C=O) groups is 2. The van der Waals surface area contributed by atoms with E-state index in [1.165, 1.54) is 11.1 Å². The van der Waals surface area contributed by atoms with Gasteiger partial charge in [0.15, 0.2) is 0 Å². The van der Waals surface area contributed by atoms with Crippen LogP contribution in [0.3, 0.4) is 0 Å². The molecule has 1 atom stereocenters. The van der Waals surface area contributed by atoms with Crippen LogP contribution in [-0.2, 0) is 21.9 Å². The molecular weight excluding hydrogens is 439 g/mol. The lowest BCUT2D eigenvalue weighted by atomic mass is 10.1. The third kappa shape index (κ3) is 7.53. The fourth-order valence-electron chi connectivity index (χ4n) is 2.96. The van der Waals surface area contributed by atoms with Crippen molar-refractivity contribution in [2.24, 2.45) is 0 Å². The maximum atomic E-state index is 13.1. The van der Waals surface area contributed by atoms with Crippen LogP contribution in [0.15, 0.2) is 42.5 Å². The topological polar surface area (TPSA) is 49.4 Å². The third-order valence-corrected chi connectivity index (χ3v) is 6.24. The molecule has 0 aliphatic heterocycles. The molecule has 2 aromatic rings. The molecule has 0 aliphatic rings. The smallest absolute Gasteiger partial charge is 0.242 e. The van der Waals surface area contributed by atoms with E-state index in [0.29, 0.717) is 10.0 Å². The standard InChI is InChI=1S/C23H28Cl2N2O2S/c1-15(2)26-23(29)17(4)27(12-18-8-9-20(24)21(25)11-18)22(28)14-30-13-19-7-5-6-16(3)10-19/h5-11,15,17H,12-14H2,1-4H3,(H,26,29). The van der Waals surface area contributed by atoms with Crippen LogP contribution >= 0.6 is 35.0 Å². The van der Waals surface area contributed by atoms with Gasteiger partial charge in [0.25, 0.3) is 0 Å². The maximum Gasteiger partial charge on any atom is 0.242 e. The van der Waals surface area contributed by atoms with Crippen LogP contribution in [-0.4, -0.2) is 34.6 Å². The molecule has 1 N–H and O–H groups in total. The number of rotatable bonds is 9. The molecule has 0 aromatic heterocycles. The van der Waals surface area contributed by atoms with Crippen LogP contribution in [0.1, 0.15) is 37.5 Å². The highest BCUT2D eigenvalue weighted by atomic mass is 35.5. The summed E-state index contributed by atoms with van der Waals surface area (Å²) in [5.41, 5.74) is 3.19. The van der Waals surface area contributed by atoms with E-state index in [4.69, 9.17) is 23.2 Å². The van der Waals surface area contributed by atoms with Gasteiger partial charge < -0.3 is 10.2 Å². The summed E-state index contributed by atoms with van der Waals surface area (Å²) in [5.74, 6) is 0.752. The Hall–Kier alpha value is -1.69.